The summed E-state index contributed by atoms with van der Waals surface area (Å²) in [7, 11) is 0. The number of carbonyl (C=O) groups excluding carboxylic acids is 1. The monoisotopic (exact) mass is 366 g/mol. The molecule has 2 N–H and O–H groups in total. The van der Waals surface area contributed by atoms with Crippen LogP contribution in [0.15, 0.2) is 34.9 Å². The van der Waals surface area contributed by atoms with Gasteiger partial charge in [0.15, 0.2) is 0 Å². The van der Waals surface area contributed by atoms with E-state index in [1.807, 2.05) is 48.9 Å². The van der Waals surface area contributed by atoms with Gasteiger partial charge in [-0.2, -0.15) is 0 Å². The topological polar surface area (TPSA) is 71.3 Å². The van der Waals surface area contributed by atoms with Gasteiger partial charge in [-0.25, -0.2) is 4.79 Å². The normalized spacial score (nSPS) is 13.8. The van der Waals surface area contributed by atoms with Gasteiger partial charge in [0.05, 0.1) is 0 Å². The van der Waals surface area contributed by atoms with Crippen LogP contribution in [0.5, 0.6) is 0 Å². The van der Waals surface area contributed by atoms with E-state index in [0.717, 1.165) is 15.4 Å². The summed E-state index contributed by atoms with van der Waals surface area (Å²) in [6.45, 7) is 3.83. The van der Waals surface area contributed by atoms with Crippen LogP contribution in [0.2, 0.25) is 0 Å². The van der Waals surface area contributed by atoms with Gasteiger partial charge >= 0.3 is 5.97 Å². The van der Waals surface area contributed by atoms with E-state index >= 15 is 0 Å². The van der Waals surface area contributed by atoms with Crippen molar-refractivity contribution in [3.8, 4) is 0 Å². The number of halogens is 1. The van der Waals surface area contributed by atoms with Gasteiger partial charge < -0.3 is 15.0 Å². The van der Waals surface area contributed by atoms with Crippen LogP contribution in [-0.4, -0.2) is 27.6 Å². The number of benzene rings is 1. The third-order valence-corrected chi connectivity index (χ3v) is 4.34. The molecule has 6 heteroatoms. The summed E-state index contributed by atoms with van der Waals surface area (Å²) in [6, 6.07) is 6.89. The van der Waals surface area contributed by atoms with E-state index in [2.05, 4.69) is 21.2 Å². The van der Waals surface area contributed by atoms with Crippen molar-refractivity contribution < 1.29 is 14.7 Å². The lowest BCUT2D eigenvalue weighted by molar-refractivity contribution is -0.143. The second-order valence-electron chi connectivity index (χ2n) is 5.42. The fourth-order valence-electron chi connectivity index (χ4n) is 2.37. The molecule has 0 aliphatic heterocycles. The molecule has 0 saturated carbocycles. The predicted molar refractivity (Wildman–Crippen MR) is 88.7 cm³/mol. The zero-order chi connectivity index (χ0) is 16.3. The number of carboxylic acids is 1. The largest absolute Gasteiger partial charge is 0.480 e. The highest BCUT2D eigenvalue weighted by atomic mass is 79.9. The van der Waals surface area contributed by atoms with E-state index in [1.165, 1.54) is 0 Å². The molecular formula is C16H19BrN2O3. The number of fused-ring (bicyclic) bond motifs is 1. The first-order valence-corrected chi connectivity index (χ1v) is 7.98. The molecule has 5 nitrogen and oxygen atoms in total. The van der Waals surface area contributed by atoms with E-state index in [1.54, 1.807) is 0 Å². The molecule has 2 atom stereocenters. The quantitative estimate of drug-likeness (QED) is 0.825. The number of nitrogens with zero attached hydrogens (tertiary/aromatic N) is 1. The summed E-state index contributed by atoms with van der Waals surface area (Å²) in [6.07, 6.45) is 2.52. The van der Waals surface area contributed by atoms with E-state index < -0.39 is 12.0 Å². The Hall–Kier alpha value is -1.82. The van der Waals surface area contributed by atoms with Crippen LogP contribution < -0.4 is 5.32 Å². The number of aromatic nitrogens is 1. The molecule has 0 aliphatic rings. The van der Waals surface area contributed by atoms with E-state index in [-0.39, 0.29) is 18.4 Å². The number of hydrogen-bond donors (Lipinski definition) is 2. The summed E-state index contributed by atoms with van der Waals surface area (Å²) in [5.74, 6) is -1.41. The number of aliphatic carboxylic acids is 1. The summed E-state index contributed by atoms with van der Waals surface area (Å²) < 4.78 is 2.79. The third kappa shape index (κ3) is 3.68. The van der Waals surface area contributed by atoms with Gasteiger partial charge in [-0.05, 0) is 30.2 Å². The molecule has 118 valence electrons. The van der Waals surface area contributed by atoms with Crippen LogP contribution in [0.3, 0.4) is 0 Å². The van der Waals surface area contributed by atoms with Gasteiger partial charge in [-0.15, -0.1) is 0 Å². The standard InChI is InChI=1S/C16H19BrN2O3/c1-3-10(2)15(16(21)22)18-14(20)9-19-7-6-11-8-12(17)4-5-13(11)19/h4-8,10,15H,3,9H2,1-2H3,(H,18,20)(H,21,22)/t10-,15+/m0/s1. The molecule has 2 aromatic rings. The Kier molecular flexibility index (Phi) is 5.24. The number of carboxylic acid groups (broad SMARTS) is 1. The molecule has 0 aliphatic carbocycles. The van der Waals surface area contributed by atoms with Crippen molar-refractivity contribution >= 4 is 38.7 Å². The summed E-state index contributed by atoms with van der Waals surface area (Å²) in [4.78, 5) is 23.4. The molecule has 0 radical (unpaired) electrons. The molecule has 0 fully saturated rings. The lowest BCUT2D eigenvalue weighted by atomic mass is 9.99. The van der Waals surface area contributed by atoms with Crippen molar-refractivity contribution in [1.82, 2.24) is 9.88 Å². The molecule has 1 amide bonds. The zero-order valence-electron chi connectivity index (χ0n) is 12.5. The Labute approximate surface area is 137 Å². The van der Waals surface area contributed by atoms with Crippen LogP contribution in [0, 0.1) is 5.92 Å². The van der Waals surface area contributed by atoms with Gasteiger partial charge in [0, 0.05) is 21.6 Å². The first-order chi connectivity index (χ1) is 10.4. The second kappa shape index (κ2) is 6.96. The minimum Gasteiger partial charge on any atom is -0.480 e. The molecular weight excluding hydrogens is 348 g/mol. The van der Waals surface area contributed by atoms with Crippen LogP contribution in [0.4, 0.5) is 0 Å². The Morgan fingerprint density at radius 2 is 2.09 bits per heavy atom. The minimum absolute atomic E-state index is 0.103. The van der Waals surface area contributed by atoms with Crippen LogP contribution in [0.1, 0.15) is 20.3 Å². The van der Waals surface area contributed by atoms with Crippen molar-refractivity contribution in [1.29, 1.82) is 0 Å². The summed E-state index contributed by atoms with van der Waals surface area (Å²) in [5, 5.41) is 12.9. The first kappa shape index (κ1) is 16.5. The van der Waals surface area contributed by atoms with E-state index in [4.69, 9.17) is 0 Å². The van der Waals surface area contributed by atoms with Crippen molar-refractivity contribution in [3.63, 3.8) is 0 Å². The Balaban J connectivity index is 2.11. The van der Waals surface area contributed by atoms with Gasteiger partial charge in [0.2, 0.25) is 5.91 Å². The fraction of sp³-hybridized carbons (Fsp3) is 0.375. The number of amides is 1. The molecule has 2 rings (SSSR count). The highest BCUT2D eigenvalue weighted by Gasteiger charge is 2.25. The molecule has 0 unspecified atom stereocenters. The third-order valence-electron chi connectivity index (χ3n) is 3.84. The lowest BCUT2D eigenvalue weighted by Gasteiger charge is -2.20. The number of nitrogens with one attached hydrogen (secondary N) is 1. The molecule has 0 bridgehead atoms. The predicted octanol–water partition coefficient (Wildman–Crippen LogP) is 3.02. The number of hydrogen-bond acceptors (Lipinski definition) is 2. The van der Waals surface area contributed by atoms with Crippen molar-refractivity contribution in [3.05, 3.63) is 34.9 Å². The molecule has 0 spiro atoms. The minimum atomic E-state index is -0.996. The van der Waals surface area contributed by atoms with Crippen molar-refractivity contribution in [2.24, 2.45) is 5.92 Å². The SMILES string of the molecule is CC[C@H](C)[C@@H](NC(=O)Cn1ccc2cc(Br)ccc21)C(=O)O. The van der Waals surface area contributed by atoms with Crippen molar-refractivity contribution in [2.75, 3.05) is 0 Å². The number of rotatable bonds is 6. The van der Waals surface area contributed by atoms with Crippen LogP contribution in [-0.2, 0) is 16.1 Å². The summed E-state index contributed by atoms with van der Waals surface area (Å²) in [5.41, 5.74) is 0.939. The van der Waals surface area contributed by atoms with Crippen molar-refractivity contribution in [2.45, 2.75) is 32.9 Å². The number of carbonyl (C=O) groups is 2. The maximum atomic E-state index is 12.2. The highest BCUT2D eigenvalue weighted by Crippen LogP contribution is 2.20. The Bertz CT molecular complexity index is 696. The smallest absolute Gasteiger partial charge is 0.326 e. The highest BCUT2D eigenvalue weighted by molar-refractivity contribution is 9.10. The molecule has 0 saturated heterocycles. The molecule has 1 aromatic heterocycles. The average molecular weight is 367 g/mol. The van der Waals surface area contributed by atoms with Crippen LogP contribution >= 0.6 is 15.9 Å². The second-order valence-corrected chi connectivity index (χ2v) is 6.33. The lowest BCUT2D eigenvalue weighted by Crippen LogP contribution is -2.46. The van der Waals surface area contributed by atoms with Gasteiger partial charge in [0.25, 0.3) is 0 Å². The fourth-order valence-corrected chi connectivity index (χ4v) is 2.74. The zero-order valence-corrected chi connectivity index (χ0v) is 14.1. The molecule has 22 heavy (non-hydrogen) atoms. The van der Waals surface area contributed by atoms with Crippen LogP contribution in [0.25, 0.3) is 10.9 Å². The molecule has 1 aromatic carbocycles. The Morgan fingerprint density at radius 3 is 2.73 bits per heavy atom. The van der Waals surface area contributed by atoms with E-state index in [9.17, 15) is 14.7 Å². The summed E-state index contributed by atoms with van der Waals surface area (Å²) >= 11 is 3.41. The van der Waals surface area contributed by atoms with E-state index in [0.29, 0.717) is 6.42 Å². The first-order valence-electron chi connectivity index (χ1n) is 7.19. The maximum Gasteiger partial charge on any atom is 0.326 e. The van der Waals surface area contributed by atoms with Gasteiger partial charge in [-0.1, -0.05) is 36.2 Å². The van der Waals surface area contributed by atoms with Gasteiger partial charge in [0.1, 0.15) is 12.6 Å². The van der Waals surface area contributed by atoms with Gasteiger partial charge in [-0.3, -0.25) is 4.79 Å². The Morgan fingerprint density at radius 1 is 1.36 bits per heavy atom. The average Bonchev–Trinajstić information content (AvgIpc) is 2.85. The maximum absolute atomic E-state index is 12.2. The molecule has 1 heterocycles.